The minimum absolute atomic E-state index is 0.187. The number of rotatable bonds is 3. The second kappa shape index (κ2) is 5.19. The molecule has 0 bridgehead atoms. The van der Waals surface area contributed by atoms with Gasteiger partial charge < -0.3 is 10.4 Å². The molecule has 0 saturated heterocycles. The van der Waals surface area contributed by atoms with Crippen LogP contribution in [0.25, 0.3) is 0 Å². The van der Waals surface area contributed by atoms with Gasteiger partial charge >= 0.3 is 5.97 Å². The SMILES string of the molecule is N#Cc1ccccc1Nc1ccc(F)cc1C(=O)O. The molecule has 94 valence electrons. The third-order valence-corrected chi connectivity index (χ3v) is 2.53. The molecule has 0 atom stereocenters. The van der Waals surface area contributed by atoms with Gasteiger partial charge in [-0.3, -0.25) is 0 Å². The third-order valence-electron chi connectivity index (χ3n) is 2.53. The lowest BCUT2D eigenvalue weighted by Crippen LogP contribution is -2.04. The van der Waals surface area contributed by atoms with E-state index in [9.17, 15) is 9.18 Å². The van der Waals surface area contributed by atoms with E-state index in [1.165, 1.54) is 6.07 Å². The van der Waals surface area contributed by atoms with E-state index in [0.717, 1.165) is 12.1 Å². The van der Waals surface area contributed by atoms with Crippen molar-refractivity contribution in [3.63, 3.8) is 0 Å². The molecular formula is C14H9FN2O2. The number of anilines is 2. The maximum absolute atomic E-state index is 13.0. The summed E-state index contributed by atoms with van der Waals surface area (Å²) in [7, 11) is 0. The molecule has 0 aliphatic rings. The third kappa shape index (κ3) is 2.69. The zero-order valence-electron chi connectivity index (χ0n) is 9.72. The standard InChI is InChI=1S/C14H9FN2O2/c15-10-5-6-13(11(7-10)14(18)19)17-12-4-2-1-3-9(12)8-16/h1-7,17H,(H,18,19). The van der Waals surface area contributed by atoms with E-state index in [0.29, 0.717) is 11.3 Å². The number of nitrogens with zero attached hydrogens (tertiary/aromatic N) is 1. The van der Waals surface area contributed by atoms with E-state index >= 15 is 0 Å². The number of nitrogens with one attached hydrogen (secondary N) is 1. The number of benzene rings is 2. The Morgan fingerprint density at radius 2 is 1.95 bits per heavy atom. The number of carboxylic acids is 1. The van der Waals surface area contributed by atoms with Gasteiger partial charge in [0, 0.05) is 0 Å². The van der Waals surface area contributed by atoms with Crippen molar-refractivity contribution in [2.45, 2.75) is 0 Å². The van der Waals surface area contributed by atoms with Crippen LogP contribution in [0.3, 0.4) is 0 Å². The molecule has 0 aromatic heterocycles. The summed E-state index contributed by atoms with van der Waals surface area (Å²) in [6, 6.07) is 12.1. The number of nitriles is 1. The van der Waals surface area contributed by atoms with Crippen LogP contribution in [0.15, 0.2) is 42.5 Å². The fourth-order valence-electron chi connectivity index (χ4n) is 1.64. The normalized spacial score (nSPS) is 9.68. The molecule has 0 radical (unpaired) electrons. The number of carbonyl (C=O) groups is 1. The first-order valence-corrected chi connectivity index (χ1v) is 5.41. The molecule has 0 spiro atoms. The number of para-hydroxylation sites is 1. The quantitative estimate of drug-likeness (QED) is 0.884. The molecule has 0 aliphatic heterocycles. The molecule has 2 aromatic rings. The Morgan fingerprint density at radius 1 is 1.21 bits per heavy atom. The van der Waals surface area contributed by atoms with Gasteiger partial charge in [-0.15, -0.1) is 0 Å². The Labute approximate surface area is 108 Å². The van der Waals surface area contributed by atoms with Crippen LogP contribution in [-0.2, 0) is 0 Å². The number of hydrogen-bond donors (Lipinski definition) is 2. The van der Waals surface area contributed by atoms with Gasteiger partial charge in [0.05, 0.1) is 22.5 Å². The van der Waals surface area contributed by atoms with E-state index in [1.54, 1.807) is 24.3 Å². The Hall–Kier alpha value is -2.87. The zero-order valence-corrected chi connectivity index (χ0v) is 9.72. The highest BCUT2D eigenvalue weighted by atomic mass is 19.1. The lowest BCUT2D eigenvalue weighted by Gasteiger charge is -2.10. The average molecular weight is 256 g/mol. The van der Waals surface area contributed by atoms with E-state index in [2.05, 4.69) is 5.32 Å². The average Bonchev–Trinajstić information content (AvgIpc) is 2.41. The number of hydrogen-bond acceptors (Lipinski definition) is 3. The van der Waals surface area contributed by atoms with Crippen LogP contribution in [0.5, 0.6) is 0 Å². The second-order valence-electron chi connectivity index (χ2n) is 3.78. The lowest BCUT2D eigenvalue weighted by atomic mass is 10.1. The Bertz CT molecular complexity index is 677. The molecule has 2 rings (SSSR count). The van der Waals surface area contributed by atoms with Gasteiger partial charge in [0.25, 0.3) is 0 Å². The smallest absolute Gasteiger partial charge is 0.337 e. The molecule has 2 N–H and O–H groups in total. The van der Waals surface area contributed by atoms with Gasteiger partial charge in [0.15, 0.2) is 0 Å². The van der Waals surface area contributed by atoms with Crippen LogP contribution in [0, 0.1) is 17.1 Å². The van der Waals surface area contributed by atoms with E-state index < -0.39 is 11.8 Å². The van der Waals surface area contributed by atoms with Crippen LogP contribution < -0.4 is 5.32 Å². The Kier molecular flexibility index (Phi) is 3.44. The van der Waals surface area contributed by atoms with Gasteiger partial charge in [0.2, 0.25) is 0 Å². The van der Waals surface area contributed by atoms with Crippen LogP contribution in [0.4, 0.5) is 15.8 Å². The van der Waals surface area contributed by atoms with Gasteiger partial charge in [0.1, 0.15) is 11.9 Å². The van der Waals surface area contributed by atoms with Crippen molar-refractivity contribution in [3.05, 3.63) is 59.4 Å². The predicted octanol–water partition coefficient (Wildman–Crippen LogP) is 3.14. The monoisotopic (exact) mass is 256 g/mol. The topological polar surface area (TPSA) is 73.1 Å². The van der Waals surface area contributed by atoms with Crippen molar-refractivity contribution in [2.75, 3.05) is 5.32 Å². The molecule has 0 aliphatic carbocycles. The van der Waals surface area contributed by atoms with Crippen molar-refractivity contribution in [3.8, 4) is 6.07 Å². The highest BCUT2D eigenvalue weighted by Gasteiger charge is 2.12. The molecule has 0 heterocycles. The lowest BCUT2D eigenvalue weighted by molar-refractivity contribution is 0.0697. The van der Waals surface area contributed by atoms with Crippen molar-refractivity contribution in [1.82, 2.24) is 0 Å². The minimum atomic E-state index is -1.24. The largest absolute Gasteiger partial charge is 0.478 e. The van der Waals surface area contributed by atoms with E-state index in [-0.39, 0.29) is 11.3 Å². The molecule has 0 amide bonds. The zero-order chi connectivity index (χ0) is 13.8. The summed E-state index contributed by atoms with van der Waals surface area (Å²) in [6.07, 6.45) is 0. The molecule has 4 nitrogen and oxygen atoms in total. The number of carboxylic acid groups (broad SMARTS) is 1. The molecule has 0 saturated carbocycles. The Morgan fingerprint density at radius 3 is 2.63 bits per heavy atom. The van der Waals surface area contributed by atoms with Gasteiger partial charge in [-0.25, -0.2) is 9.18 Å². The molecule has 2 aromatic carbocycles. The highest BCUT2D eigenvalue weighted by Crippen LogP contribution is 2.24. The molecule has 19 heavy (non-hydrogen) atoms. The summed E-state index contributed by atoms with van der Waals surface area (Å²) in [5.74, 6) is -1.87. The first-order chi connectivity index (χ1) is 9.11. The van der Waals surface area contributed by atoms with Crippen LogP contribution in [-0.4, -0.2) is 11.1 Å². The van der Waals surface area contributed by atoms with E-state index in [1.807, 2.05) is 6.07 Å². The summed E-state index contributed by atoms with van der Waals surface area (Å²) in [5.41, 5.74) is 0.895. The summed E-state index contributed by atoms with van der Waals surface area (Å²) >= 11 is 0. The molecule has 0 unspecified atom stereocenters. The second-order valence-corrected chi connectivity index (χ2v) is 3.78. The van der Waals surface area contributed by atoms with Crippen LogP contribution in [0.1, 0.15) is 15.9 Å². The summed E-state index contributed by atoms with van der Waals surface area (Å²) in [5, 5.41) is 20.8. The summed E-state index contributed by atoms with van der Waals surface area (Å²) in [4.78, 5) is 11.0. The maximum atomic E-state index is 13.0. The van der Waals surface area contributed by atoms with Crippen molar-refractivity contribution in [1.29, 1.82) is 5.26 Å². The number of halogens is 1. The van der Waals surface area contributed by atoms with Crippen molar-refractivity contribution < 1.29 is 14.3 Å². The highest BCUT2D eigenvalue weighted by molar-refractivity contribution is 5.95. The molecular weight excluding hydrogens is 247 g/mol. The fraction of sp³-hybridized carbons (Fsp3) is 0. The molecule has 5 heteroatoms. The van der Waals surface area contributed by atoms with Crippen LogP contribution in [0.2, 0.25) is 0 Å². The number of aromatic carboxylic acids is 1. The fourth-order valence-corrected chi connectivity index (χ4v) is 1.64. The first-order valence-electron chi connectivity index (χ1n) is 5.41. The van der Waals surface area contributed by atoms with Crippen molar-refractivity contribution in [2.24, 2.45) is 0 Å². The maximum Gasteiger partial charge on any atom is 0.337 e. The summed E-state index contributed by atoms with van der Waals surface area (Å²) in [6.45, 7) is 0. The predicted molar refractivity (Wildman–Crippen MR) is 67.8 cm³/mol. The molecule has 0 fully saturated rings. The van der Waals surface area contributed by atoms with E-state index in [4.69, 9.17) is 10.4 Å². The van der Waals surface area contributed by atoms with Gasteiger partial charge in [-0.05, 0) is 30.3 Å². The van der Waals surface area contributed by atoms with Gasteiger partial charge in [-0.2, -0.15) is 5.26 Å². The minimum Gasteiger partial charge on any atom is -0.478 e. The van der Waals surface area contributed by atoms with Crippen LogP contribution >= 0.6 is 0 Å². The van der Waals surface area contributed by atoms with Gasteiger partial charge in [-0.1, -0.05) is 12.1 Å². The first kappa shape index (κ1) is 12.6. The summed E-state index contributed by atoms with van der Waals surface area (Å²) < 4.78 is 13.0. The van der Waals surface area contributed by atoms with Crippen molar-refractivity contribution >= 4 is 17.3 Å². The Balaban J connectivity index is 2.44.